The van der Waals surface area contributed by atoms with Crippen LogP contribution < -0.4 is 11.5 Å². The van der Waals surface area contributed by atoms with Gasteiger partial charge >= 0.3 is 0 Å². The van der Waals surface area contributed by atoms with Gasteiger partial charge in [-0.05, 0) is 36.8 Å². The fraction of sp³-hybridized carbons (Fsp3) is 0.421. The highest BCUT2D eigenvalue weighted by Crippen LogP contribution is 2.49. The van der Waals surface area contributed by atoms with Crippen LogP contribution in [0.1, 0.15) is 44.1 Å². The van der Waals surface area contributed by atoms with E-state index in [-0.39, 0.29) is 5.91 Å². The second kappa shape index (κ2) is 5.73. The van der Waals surface area contributed by atoms with Gasteiger partial charge in [0.25, 0.3) is 0 Å². The number of carbonyl (C=O) groups is 1. The van der Waals surface area contributed by atoms with Gasteiger partial charge in [-0.2, -0.15) is 0 Å². The minimum atomic E-state index is -0.929. The molecule has 2 aliphatic rings. The highest BCUT2D eigenvalue weighted by atomic mass is 16.1. The summed E-state index contributed by atoms with van der Waals surface area (Å²) in [6.07, 6.45) is 12.0. The first-order valence-electron chi connectivity index (χ1n) is 8.13. The van der Waals surface area contributed by atoms with E-state index in [0.717, 1.165) is 49.7 Å². The summed E-state index contributed by atoms with van der Waals surface area (Å²) in [5.41, 5.74) is 13.2. The van der Waals surface area contributed by atoms with E-state index < -0.39 is 11.0 Å². The molecular weight excluding hydrogens is 272 g/mol. The Bertz CT molecular complexity index is 612. The Morgan fingerprint density at radius 2 is 1.77 bits per heavy atom. The van der Waals surface area contributed by atoms with Crippen LogP contribution in [0.15, 0.2) is 54.1 Å². The number of allylic oxidation sites excluding steroid dienone is 3. The molecule has 4 N–H and O–H groups in total. The summed E-state index contributed by atoms with van der Waals surface area (Å²) in [6.45, 7) is 0. The first-order chi connectivity index (χ1) is 10.6. The van der Waals surface area contributed by atoms with Crippen molar-refractivity contribution in [3.63, 3.8) is 0 Å². The van der Waals surface area contributed by atoms with Gasteiger partial charge in [0, 0.05) is 5.54 Å². The zero-order chi connectivity index (χ0) is 15.6. The molecule has 2 aliphatic carbocycles. The molecule has 0 radical (unpaired) electrons. The smallest absolute Gasteiger partial charge is 0.234 e. The minimum absolute atomic E-state index is 0.332. The topological polar surface area (TPSA) is 69.1 Å². The van der Waals surface area contributed by atoms with Crippen LogP contribution in [0.2, 0.25) is 0 Å². The lowest BCUT2D eigenvalue weighted by Crippen LogP contribution is -2.63. The standard InChI is InChI=1S/C19H24N2O/c20-17(22)19(15-9-3-1-4-10-15,16-11-5-2-6-12-16)18(21)13-7-8-14-18/h1,3-5,9-12H,2,6-8,13-14,21H2,(H2,20,22)/t19-/m0/s1. The fourth-order valence-electron chi connectivity index (χ4n) is 4.23. The number of primary amides is 1. The molecule has 0 heterocycles. The van der Waals surface area contributed by atoms with Gasteiger partial charge in [0.1, 0.15) is 5.41 Å². The SMILES string of the molecule is NC(=O)[C@@](C1=CCCC=C1)(c1ccccc1)C1(N)CCCC1. The van der Waals surface area contributed by atoms with Crippen LogP contribution in [0.4, 0.5) is 0 Å². The van der Waals surface area contributed by atoms with Gasteiger partial charge in [-0.15, -0.1) is 0 Å². The zero-order valence-electron chi connectivity index (χ0n) is 12.9. The van der Waals surface area contributed by atoms with Crippen molar-refractivity contribution in [1.29, 1.82) is 0 Å². The molecule has 3 rings (SSSR count). The van der Waals surface area contributed by atoms with Crippen LogP contribution in [0, 0.1) is 0 Å². The molecule has 0 aromatic heterocycles. The predicted molar refractivity (Wildman–Crippen MR) is 89.2 cm³/mol. The lowest BCUT2D eigenvalue weighted by atomic mass is 9.59. The van der Waals surface area contributed by atoms with E-state index in [4.69, 9.17) is 11.5 Å². The Labute approximate surface area is 132 Å². The normalized spacial score (nSPS) is 22.9. The third kappa shape index (κ3) is 2.12. The van der Waals surface area contributed by atoms with Crippen molar-refractivity contribution in [1.82, 2.24) is 0 Å². The summed E-state index contributed by atoms with van der Waals surface area (Å²) in [4.78, 5) is 12.8. The number of hydrogen-bond acceptors (Lipinski definition) is 2. The lowest BCUT2D eigenvalue weighted by Gasteiger charge is -2.46. The van der Waals surface area contributed by atoms with Gasteiger partial charge in [0.2, 0.25) is 5.91 Å². The van der Waals surface area contributed by atoms with E-state index in [2.05, 4.69) is 12.2 Å². The molecule has 0 bridgehead atoms. The first kappa shape index (κ1) is 15.0. The molecule has 1 fully saturated rings. The number of benzene rings is 1. The fourth-order valence-corrected chi connectivity index (χ4v) is 4.23. The third-order valence-corrected chi connectivity index (χ3v) is 5.25. The summed E-state index contributed by atoms with van der Waals surface area (Å²) >= 11 is 0. The van der Waals surface area contributed by atoms with Crippen LogP contribution in [0.25, 0.3) is 0 Å². The Hall–Kier alpha value is -1.87. The van der Waals surface area contributed by atoms with Gasteiger partial charge in [0.05, 0.1) is 0 Å². The van der Waals surface area contributed by atoms with Crippen molar-refractivity contribution in [2.75, 3.05) is 0 Å². The molecular formula is C19H24N2O. The second-order valence-electron chi connectivity index (χ2n) is 6.48. The van der Waals surface area contributed by atoms with Gasteiger partial charge in [-0.3, -0.25) is 4.79 Å². The number of rotatable bonds is 4. The molecule has 0 unspecified atom stereocenters. The summed E-state index contributed by atoms with van der Waals surface area (Å²) < 4.78 is 0. The maximum Gasteiger partial charge on any atom is 0.234 e. The second-order valence-corrected chi connectivity index (χ2v) is 6.48. The van der Waals surface area contributed by atoms with Crippen LogP contribution in [-0.4, -0.2) is 11.4 Å². The van der Waals surface area contributed by atoms with Crippen LogP contribution >= 0.6 is 0 Å². The molecule has 1 amide bonds. The van der Waals surface area contributed by atoms with Crippen LogP contribution in [-0.2, 0) is 10.2 Å². The van der Waals surface area contributed by atoms with E-state index in [1.54, 1.807) is 0 Å². The minimum Gasteiger partial charge on any atom is -0.369 e. The van der Waals surface area contributed by atoms with Gasteiger partial charge in [-0.25, -0.2) is 0 Å². The van der Waals surface area contributed by atoms with Crippen LogP contribution in [0.3, 0.4) is 0 Å². The molecule has 1 aromatic rings. The van der Waals surface area contributed by atoms with Gasteiger partial charge < -0.3 is 11.5 Å². The van der Waals surface area contributed by atoms with Crippen molar-refractivity contribution in [2.24, 2.45) is 11.5 Å². The van der Waals surface area contributed by atoms with Gasteiger partial charge in [-0.1, -0.05) is 61.4 Å². The monoisotopic (exact) mass is 296 g/mol. The highest BCUT2D eigenvalue weighted by molar-refractivity contribution is 5.93. The Morgan fingerprint density at radius 1 is 1.09 bits per heavy atom. The highest BCUT2D eigenvalue weighted by Gasteiger charge is 2.57. The number of amides is 1. The Morgan fingerprint density at radius 3 is 2.32 bits per heavy atom. The van der Waals surface area contributed by atoms with Crippen molar-refractivity contribution < 1.29 is 4.79 Å². The summed E-state index contributed by atoms with van der Waals surface area (Å²) in [5, 5.41) is 0. The predicted octanol–water partition coefficient (Wildman–Crippen LogP) is 2.96. The number of hydrogen-bond donors (Lipinski definition) is 2. The quantitative estimate of drug-likeness (QED) is 0.897. The molecule has 1 atom stereocenters. The van der Waals surface area contributed by atoms with Crippen LogP contribution in [0.5, 0.6) is 0 Å². The summed E-state index contributed by atoms with van der Waals surface area (Å²) in [6, 6.07) is 9.84. The number of nitrogens with two attached hydrogens (primary N) is 2. The van der Waals surface area contributed by atoms with E-state index in [1.165, 1.54) is 0 Å². The maximum absolute atomic E-state index is 12.8. The molecule has 3 nitrogen and oxygen atoms in total. The van der Waals surface area contributed by atoms with Crippen molar-refractivity contribution in [3.8, 4) is 0 Å². The molecule has 3 heteroatoms. The average molecular weight is 296 g/mol. The number of carbonyl (C=O) groups excluding carboxylic acids is 1. The zero-order valence-corrected chi connectivity index (χ0v) is 12.9. The van der Waals surface area contributed by atoms with E-state index >= 15 is 0 Å². The third-order valence-electron chi connectivity index (χ3n) is 5.25. The molecule has 0 saturated heterocycles. The first-order valence-corrected chi connectivity index (χ1v) is 8.13. The largest absolute Gasteiger partial charge is 0.369 e. The molecule has 0 spiro atoms. The van der Waals surface area contributed by atoms with Crippen molar-refractivity contribution in [3.05, 3.63) is 59.7 Å². The summed E-state index contributed by atoms with van der Waals surface area (Å²) in [5.74, 6) is -0.332. The summed E-state index contributed by atoms with van der Waals surface area (Å²) in [7, 11) is 0. The Balaban J connectivity index is 2.26. The molecule has 0 aliphatic heterocycles. The van der Waals surface area contributed by atoms with Crippen molar-refractivity contribution in [2.45, 2.75) is 49.5 Å². The molecule has 1 aromatic carbocycles. The van der Waals surface area contributed by atoms with E-state index in [1.807, 2.05) is 36.4 Å². The van der Waals surface area contributed by atoms with Crippen molar-refractivity contribution >= 4 is 5.91 Å². The molecule has 116 valence electrons. The maximum atomic E-state index is 12.8. The van der Waals surface area contributed by atoms with E-state index in [0.29, 0.717) is 0 Å². The molecule has 1 saturated carbocycles. The van der Waals surface area contributed by atoms with Gasteiger partial charge in [0.15, 0.2) is 0 Å². The van der Waals surface area contributed by atoms with E-state index in [9.17, 15) is 4.79 Å². The lowest BCUT2D eigenvalue weighted by molar-refractivity contribution is -0.124. The average Bonchev–Trinajstić information content (AvgIpc) is 2.97. The molecule has 22 heavy (non-hydrogen) atoms. The Kier molecular flexibility index (Phi) is 3.92.